The van der Waals surface area contributed by atoms with Crippen LogP contribution in [0.4, 0.5) is 0 Å². The molecule has 1 saturated heterocycles. The van der Waals surface area contributed by atoms with Gasteiger partial charge >= 0.3 is 0 Å². The maximum absolute atomic E-state index is 5.42. The average Bonchev–Trinajstić information content (AvgIpc) is 2.67. The first-order valence-electron chi connectivity index (χ1n) is 6.63. The van der Waals surface area contributed by atoms with Gasteiger partial charge in [-0.05, 0) is 49.7 Å². The van der Waals surface area contributed by atoms with Crippen molar-refractivity contribution in [1.29, 1.82) is 0 Å². The fourth-order valence-corrected chi connectivity index (χ4v) is 2.92. The predicted molar refractivity (Wildman–Crippen MR) is 75.6 cm³/mol. The highest BCUT2D eigenvalue weighted by Crippen LogP contribution is 2.24. The van der Waals surface area contributed by atoms with Crippen LogP contribution in [0.2, 0.25) is 0 Å². The molecule has 0 bridgehead atoms. The van der Waals surface area contributed by atoms with Gasteiger partial charge in [-0.3, -0.25) is 9.58 Å². The number of hydrogen-bond donors (Lipinski definition) is 0. The Hall–Kier alpha value is -0.390. The van der Waals surface area contributed by atoms with Crippen LogP contribution in [0.25, 0.3) is 0 Å². The predicted octanol–water partition coefficient (Wildman–Crippen LogP) is 2.58. The Bertz CT molecular complexity index is 399. The fraction of sp³-hybridized carbons (Fsp3) is 0.769. The third-order valence-electron chi connectivity index (χ3n) is 3.67. The van der Waals surface area contributed by atoms with Crippen LogP contribution in [0.15, 0.2) is 4.47 Å². The largest absolute Gasteiger partial charge is 0.381 e. The maximum atomic E-state index is 5.42. The van der Waals surface area contributed by atoms with Crippen LogP contribution in [-0.2, 0) is 17.8 Å². The van der Waals surface area contributed by atoms with Crippen molar-refractivity contribution in [1.82, 2.24) is 14.7 Å². The lowest BCUT2D eigenvalue weighted by atomic mass is 10.1. The van der Waals surface area contributed by atoms with Gasteiger partial charge in [-0.15, -0.1) is 0 Å². The van der Waals surface area contributed by atoms with Crippen LogP contribution in [0.3, 0.4) is 0 Å². The van der Waals surface area contributed by atoms with Gasteiger partial charge in [0.1, 0.15) is 0 Å². The van der Waals surface area contributed by atoms with Crippen molar-refractivity contribution < 1.29 is 4.74 Å². The molecule has 18 heavy (non-hydrogen) atoms. The van der Waals surface area contributed by atoms with Crippen molar-refractivity contribution in [3.63, 3.8) is 0 Å². The Labute approximate surface area is 117 Å². The number of halogens is 1. The smallest absolute Gasteiger partial charge is 0.0739 e. The molecule has 1 aromatic heterocycles. The van der Waals surface area contributed by atoms with Crippen LogP contribution >= 0.6 is 15.9 Å². The molecule has 2 rings (SSSR count). The SMILES string of the molecule is CCn1nc(C)c(Br)c1CN(C)C1CCOCC1. The number of rotatable bonds is 4. The Balaban J connectivity index is 2.08. The molecule has 0 N–H and O–H groups in total. The average molecular weight is 316 g/mol. The third-order valence-corrected chi connectivity index (χ3v) is 4.70. The molecule has 0 radical (unpaired) electrons. The van der Waals surface area contributed by atoms with Crippen molar-refractivity contribution in [3.05, 3.63) is 15.9 Å². The first-order chi connectivity index (χ1) is 8.63. The number of aryl methyl sites for hydroxylation is 2. The summed E-state index contributed by atoms with van der Waals surface area (Å²) in [5.74, 6) is 0. The number of ether oxygens (including phenoxy) is 1. The molecule has 2 heterocycles. The summed E-state index contributed by atoms with van der Waals surface area (Å²) in [5, 5.41) is 4.55. The van der Waals surface area contributed by atoms with E-state index < -0.39 is 0 Å². The zero-order valence-corrected chi connectivity index (χ0v) is 13.0. The zero-order valence-electron chi connectivity index (χ0n) is 11.4. The molecule has 0 unspecified atom stereocenters. The summed E-state index contributed by atoms with van der Waals surface area (Å²) in [5.41, 5.74) is 2.36. The Kier molecular flexibility index (Phi) is 4.81. The summed E-state index contributed by atoms with van der Waals surface area (Å²) in [4.78, 5) is 2.43. The molecule has 1 fully saturated rings. The standard InChI is InChI=1S/C13H22BrN3O/c1-4-17-12(13(14)10(2)15-17)9-16(3)11-5-7-18-8-6-11/h11H,4-9H2,1-3H3. The van der Waals surface area contributed by atoms with Gasteiger partial charge in [0.05, 0.1) is 15.9 Å². The Morgan fingerprint density at radius 2 is 2.11 bits per heavy atom. The number of aromatic nitrogens is 2. The Morgan fingerprint density at radius 1 is 1.44 bits per heavy atom. The molecule has 1 aliphatic rings. The van der Waals surface area contributed by atoms with E-state index in [9.17, 15) is 0 Å². The van der Waals surface area contributed by atoms with Gasteiger partial charge in [-0.2, -0.15) is 5.10 Å². The minimum Gasteiger partial charge on any atom is -0.381 e. The lowest BCUT2D eigenvalue weighted by Gasteiger charge is -2.31. The monoisotopic (exact) mass is 315 g/mol. The van der Waals surface area contributed by atoms with Crippen LogP contribution in [0, 0.1) is 6.92 Å². The summed E-state index contributed by atoms with van der Waals surface area (Å²) in [6, 6.07) is 0.631. The van der Waals surface area contributed by atoms with E-state index in [1.54, 1.807) is 0 Å². The van der Waals surface area contributed by atoms with E-state index in [0.717, 1.165) is 49.3 Å². The van der Waals surface area contributed by atoms with Gasteiger partial charge in [-0.1, -0.05) is 0 Å². The second-order valence-corrected chi connectivity index (χ2v) is 5.71. The van der Waals surface area contributed by atoms with E-state index >= 15 is 0 Å². The summed E-state index contributed by atoms with van der Waals surface area (Å²) in [6.07, 6.45) is 2.26. The van der Waals surface area contributed by atoms with E-state index in [1.165, 1.54) is 5.69 Å². The first kappa shape index (κ1) is 14.0. The van der Waals surface area contributed by atoms with Crippen molar-refractivity contribution in [3.8, 4) is 0 Å². The normalized spacial score (nSPS) is 17.6. The van der Waals surface area contributed by atoms with E-state index in [0.29, 0.717) is 6.04 Å². The molecule has 0 amide bonds. The van der Waals surface area contributed by atoms with Crippen LogP contribution in [-0.4, -0.2) is 41.0 Å². The molecular weight excluding hydrogens is 294 g/mol. The lowest BCUT2D eigenvalue weighted by molar-refractivity contribution is 0.0398. The highest BCUT2D eigenvalue weighted by atomic mass is 79.9. The van der Waals surface area contributed by atoms with E-state index in [1.807, 2.05) is 6.92 Å². The summed E-state index contributed by atoms with van der Waals surface area (Å²) in [7, 11) is 2.20. The lowest BCUT2D eigenvalue weighted by Crippen LogP contribution is -2.36. The third kappa shape index (κ3) is 2.95. The molecule has 102 valence electrons. The van der Waals surface area contributed by atoms with Crippen LogP contribution in [0.1, 0.15) is 31.2 Å². The molecule has 5 heteroatoms. The van der Waals surface area contributed by atoms with Crippen molar-refractivity contribution in [2.24, 2.45) is 0 Å². The topological polar surface area (TPSA) is 30.3 Å². The summed E-state index contributed by atoms with van der Waals surface area (Å²) in [6.45, 7) is 7.83. The number of hydrogen-bond acceptors (Lipinski definition) is 3. The van der Waals surface area contributed by atoms with Crippen molar-refractivity contribution >= 4 is 15.9 Å². The van der Waals surface area contributed by atoms with Crippen LogP contribution < -0.4 is 0 Å². The molecule has 0 spiro atoms. The summed E-state index contributed by atoms with van der Waals surface area (Å²) >= 11 is 3.66. The molecule has 4 nitrogen and oxygen atoms in total. The molecule has 0 aliphatic carbocycles. The van der Waals surface area contributed by atoms with Crippen molar-refractivity contribution in [2.75, 3.05) is 20.3 Å². The van der Waals surface area contributed by atoms with Gasteiger partial charge in [-0.25, -0.2) is 0 Å². The molecule has 0 atom stereocenters. The minimum atomic E-state index is 0.631. The minimum absolute atomic E-state index is 0.631. The second-order valence-electron chi connectivity index (χ2n) is 4.92. The Morgan fingerprint density at radius 3 is 2.72 bits per heavy atom. The highest BCUT2D eigenvalue weighted by Gasteiger charge is 2.21. The van der Waals surface area contributed by atoms with E-state index in [-0.39, 0.29) is 0 Å². The van der Waals surface area contributed by atoms with Gasteiger partial charge in [0.2, 0.25) is 0 Å². The second kappa shape index (κ2) is 6.17. The molecule has 0 saturated carbocycles. The van der Waals surface area contributed by atoms with Crippen LogP contribution in [0.5, 0.6) is 0 Å². The molecule has 1 aromatic rings. The summed E-state index contributed by atoms with van der Waals surface area (Å²) < 4.78 is 8.67. The molecular formula is C13H22BrN3O. The molecule has 1 aliphatic heterocycles. The zero-order chi connectivity index (χ0) is 13.1. The molecule has 0 aromatic carbocycles. The van der Waals surface area contributed by atoms with Gasteiger partial charge in [0, 0.05) is 32.3 Å². The van der Waals surface area contributed by atoms with Gasteiger partial charge in [0.25, 0.3) is 0 Å². The van der Waals surface area contributed by atoms with Crippen molar-refractivity contribution in [2.45, 2.75) is 45.8 Å². The highest BCUT2D eigenvalue weighted by molar-refractivity contribution is 9.10. The van der Waals surface area contributed by atoms with Gasteiger partial charge in [0.15, 0.2) is 0 Å². The number of nitrogens with zero attached hydrogens (tertiary/aromatic N) is 3. The van der Waals surface area contributed by atoms with E-state index in [4.69, 9.17) is 4.74 Å². The quantitative estimate of drug-likeness (QED) is 0.855. The fourth-order valence-electron chi connectivity index (χ4n) is 2.51. The first-order valence-corrected chi connectivity index (χ1v) is 7.42. The van der Waals surface area contributed by atoms with Gasteiger partial charge < -0.3 is 4.74 Å². The maximum Gasteiger partial charge on any atom is 0.0739 e. The van der Waals surface area contributed by atoms with E-state index in [2.05, 4.69) is 44.6 Å².